The van der Waals surface area contributed by atoms with Crippen molar-refractivity contribution in [3.05, 3.63) is 53.3 Å². The van der Waals surface area contributed by atoms with Crippen LogP contribution >= 0.6 is 11.3 Å². The van der Waals surface area contributed by atoms with Gasteiger partial charge in [-0.25, -0.2) is 14.8 Å². The molecule has 2 amide bonds. The molecule has 2 aromatic heterocycles. The van der Waals surface area contributed by atoms with Gasteiger partial charge in [-0.2, -0.15) is 0 Å². The molecule has 6 nitrogen and oxygen atoms in total. The van der Waals surface area contributed by atoms with Crippen molar-refractivity contribution < 1.29 is 4.79 Å². The van der Waals surface area contributed by atoms with Crippen molar-refractivity contribution in [2.45, 2.75) is 52.1 Å². The summed E-state index contributed by atoms with van der Waals surface area (Å²) in [5.41, 5.74) is 3.92. The first-order valence-corrected chi connectivity index (χ1v) is 11.8. The Hall–Kier alpha value is -2.93. The molecular formula is C24H27N5OS. The van der Waals surface area contributed by atoms with Crippen molar-refractivity contribution in [2.75, 3.05) is 11.9 Å². The predicted octanol–water partition coefficient (Wildman–Crippen LogP) is 6.16. The summed E-state index contributed by atoms with van der Waals surface area (Å²) in [5, 5.41) is 4.24. The molecule has 3 heterocycles. The van der Waals surface area contributed by atoms with Gasteiger partial charge in [-0.1, -0.05) is 26.0 Å². The minimum Gasteiger partial charge on any atom is -0.327 e. The van der Waals surface area contributed by atoms with Crippen LogP contribution in [-0.4, -0.2) is 32.0 Å². The van der Waals surface area contributed by atoms with Gasteiger partial charge < -0.3 is 14.8 Å². The first-order valence-electron chi connectivity index (χ1n) is 11.0. The molecule has 2 aromatic carbocycles. The number of anilines is 1. The van der Waals surface area contributed by atoms with Crippen LogP contribution < -0.4 is 5.32 Å². The highest BCUT2D eigenvalue weighted by Crippen LogP contribution is 2.34. The van der Waals surface area contributed by atoms with Crippen molar-refractivity contribution in [2.24, 2.45) is 0 Å². The Morgan fingerprint density at radius 1 is 1.19 bits per heavy atom. The molecule has 1 aliphatic rings. The Labute approximate surface area is 185 Å². The monoisotopic (exact) mass is 433 g/mol. The molecule has 0 radical (unpaired) electrons. The summed E-state index contributed by atoms with van der Waals surface area (Å²) < 4.78 is 3.34. The van der Waals surface area contributed by atoms with E-state index >= 15 is 0 Å². The first kappa shape index (κ1) is 20.0. The number of rotatable bonds is 4. The van der Waals surface area contributed by atoms with E-state index in [0.717, 1.165) is 63.7 Å². The Bertz CT molecular complexity index is 1260. The third-order valence-electron chi connectivity index (χ3n) is 5.96. The van der Waals surface area contributed by atoms with Crippen molar-refractivity contribution in [3.8, 4) is 0 Å². The number of aryl methyl sites for hydroxylation is 1. The minimum atomic E-state index is -0.0647. The molecule has 0 bridgehead atoms. The van der Waals surface area contributed by atoms with Gasteiger partial charge in [0, 0.05) is 24.7 Å². The smallest absolute Gasteiger partial charge is 0.322 e. The van der Waals surface area contributed by atoms with Gasteiger partial charge in [0.25, 0.3) is 0 Å². The first-order chi connectivity index (χ1) is 15.0. The van der Waals surface area contributed by atoms with Crippen molar-refractivity contribution >= 4 is 44.3 Å². The van der Waals surface area contributed by atoms with E-state index in [1.54, 1.807) is 11.3 Å². The van der Waals surface area contributed by atoms with E-state index in [4.69, 9.17) is 4.98 Å². The number of hydrogen-bond donors (Lipinski definition) is 1. The van der Waals surface area contributed by atoms with Crippen molar-refractivity contribution in [3.63, 3.8) is 0 Å². The zero-order chi connectivity index (χ0) is 21.5. The van der Waals surface area contributed by atoms with Crippen LogP contribution in [0.2, 0.25) is 0 Å². The van der Waals surface area contributed by atoms with Crippen LogP contribution in [-0.2, 0) is 6.54 Å². The highest BCUT2D eigenvalue weighted by molar-refractivity contribution is 7.18. The molecule has 1 fully saturated rings. The quantitative estimate of drug-likeness (QED) is 0.419. The lowest BCUT2D eigenvalue weighted by molar-refractivity contribution is 0.204. The number of likely N-dealkylation sites (tertiary alicyclic amines) is 1. The summed E-state index contributed by atoms with van der Waals surface area (Å²) in [6, 6.07) is 14.1. The maximum atomic E-state index is 13.2. The number of amides is 2. The molecule has 0 aliphatic carbocycles. The molecule has 4 aromatic rings. The lowest BCUT2D eigenvalue weighted by Gasteiger charge is -2.25. The maximum Gasteiger partial charge on any atom is 0.322 e. The number of imidazole rings is 1. The maximum absolute atomic E-state index is 13.2. The largest absolute Gasteiger partial charge is 0.327 e. The molecule has 31 heavy (non-hydrogen) atoms. The number of carbonyl (C=O) groups is 1. The van der Waals surface area contributed by atoms with Crippen LogP contribution in [0.4, 0.5) is 10.5 Å². The fourth-order valence-electron chi connectivity index (χ4n) is 4.42. The molecule has 0 spiro atoms. The number of carbonyl (C=O) groups excluding carboxylic acids is 1. The van der Waals surface area contributed by atoms with Crippen LogP contribution in [0.3, 0.4) is 0 Å². The second kappa shape index (κ2) is 7.96. The fourth-order valence-corrected chi connectivity index (χ4v) is 5.43. The zero-order valence-corrected chi connectivity index (χ0v) is 18.9. The number of hydrogen-bond acceptors (Lipinski definition) is 4. The van der Waals surface area contributed by atoms with E-state index in [1.165, 1.54) is 0 Å². The number of benzene rings is 2. The van der Waals surface area contributed by atoms with Crippen LogP contribution in [0.1, 0.15) is 56.4 Å². The number of urea groups is 1. The second-order valence-corrected chi connectivity index (χ2v) is 9.44. The molecule has 1 saturated heterocycles. The van der Waals surface area contributed by atoms with E-state index < -0.39 is 0 Å². The number of para-hydroxylation sites is 2. The van der Waals surface area contributed by atoms with Crippen LogP contribution in [0.15, 0.2) is 42.5 Å². The number of fused-ring (bicyclic) bond motifs is 2. The molecule has 0 saturated carbocycles. The van der Waals surface area contributed by atoms with Crippen LogP contribution in [0.5, 0.6) is 0 Å². The van der Waals surface area contributed by atoms with Gasteiger partial charge in [-0.15, -0.1) is 11.3 Å². The van der Waals surface area contributed by atoms with E-state index in [2.05, 4.69) is 41.7 Å². The number of thiazole rings is 1. The Morgan fingerprint density at radius 3 is 2.84 bits per heavy atom. The van der Waals surface area contributed by atoms with Gasteiger partial charge in [0.05, 0.1) is 32.3 Å². The van der Waals surface area contributed by atoms with E-state index in [-0.39, 0.29) is 12.1 Å². The molecule has 5 rings (SSSR count). The Balaban J connectivity index is 1.41. The van der Waals surface area contributed by atoms with Crippen LogP contribution in [0, 0.1) is 0 Å². The lowest BCUT2D eigenvalue weighted by atomic mass is 10.2. The Morgan fingerprint density at radius 2 is 2.03 bits per heavy atom. The van der Waals surface area contributed by atoms with Crippen LogP contribution in [0.25, 0.3) is 21.3 Å². The summed E-state index contributed by atoms with van der Waals surface area (Å²) in [6.45, 7) is 8.01. The highest BCUT2D eigenvalue weighted by Gasteiger charge is 2.33. The standard InChI is InChI=1S/C24H27N5OS/c1-4-28-19-9-6-5-8-17(19)26-22(28)20-10-7-13-29(20)24(30)25-16-11-12-18-21(14-16)31-23(27-18)15(2)3/h5-6,8-9,11-12,14-15,20H,4,7,10,13H2,1-3H3,(H,25,30). The fraction of sp³-hybridized carbons (Fsp3) is 0.375. The molecule has 7 heteroatoms. The Kier molecular flexibility index (Phi) is 5.14. The predicted molar refractivity (Wildman–Crippen MR) is 127 cm³/mol. The van der Waals surface area contributed by atoms with E-state index in [0.29, 0.717) is 5.92 Å². The zero-order valence-electron chi connectivity index (χ0n) is 18.1. The second-order valence-electron chi connectivity index (χ2n) is 8.37. The molecule has 1 N–H and O–H groups in total. The molecule has 1 atom stereocenters. The number of aromatic nitrogens is 3. The third kappa shape index (κ3) is 3.57. The highest BCUT2D eigenvalue weighted by atomic mass is 32.1. The summed E-state index contributed by atoms with van der Waals surface area (Å²) in [4.78, 5) is 24.7. The van der Waals surface area contributed by atoms with Crippen molar-refractivity contribution in [1.29, 1.82) is 0 Å². The van der Waals surface area contributed by atoms with Crippen molar-refractivity contribution in [1.82, 2.24) is 19.4 Å². The molecule has 160 valence electrons. The summed E-state index contributed by atoms with van der Waals surface area (Å²) in [7, 11) is 0. The van der Waals surface area contributed by atoms with Gasteiger partial charge in [0.15, 0.2) is 0 Å². The number of nitrogens with one attached hydrogen (secondary N) is 1. The SMILES string of the molecule is CCn1c(C2CCCN2C(=O)Nc2ccc3nc(C(C)C)sc3c2)nc2ccccc21. The average Bonchev–Trinajstić information content (AvgIpc) is 3.48. The average molecular weight is 434 g/mol. The van der Waals surface area contributed by atoms with Gasteiger partial charge >= 0.3 is 6.03 Å². The third-order valence-corrected chi connectivity index (χ3v) is 7.28. The number of nitrogens with zero attached hydrogens (tertiary/aromatic N) is 4. The minimum absolute atomic E-state index is 0.00738. The van der Waals surface area contributed by atoms with E-state index in [1.807, 2.05) is 41.3 Å². The summed E-state index contributed by atoms with van der Waals surface area (Å²) >= 11 is 1.69. The lowest BCUT2D eigenvalue weighted by Crippen LogP contribution is -2.35. The normalized spacial score (nSPS) is 16.6. The molecule has 1 unspecified atom stereocenters. The topological polar surface area (TPSA) is 63.1 Å². The molecule has 1 aliphatic heterocycles. The summed E-state index contributed by atoms with van der Waals surface area (Å²) in [6.07, 6.45) is 1.92. The van der Waals surface area contributed by atoms with Gasteiger partial charge in [-0.3, -0.25) is 0 Å². The summed E-state index contributed by atoms with van der Waals surface area (Å²) in [5.74, 6) is 1.38. The van der Waals surface area contributed by atoms with Gasteiger partial charge in [-0.05, 0) is 50.1 Å². The van der Waals surface area contributed by atoms with Gasteiger partial charge in [0.1, 0.15) is 5.82 Å². The molecular weight excluding hydrogens is 406 g/mol. The van der Waals surface area contributed by atoms with E-state index in [9.17, 15) is 4.79 Å². The van der Waals surface area contributed by atoms with Gasteiger partial charge in [0.2, 0.25) is 0 Å².